The molecule has 0 amide bonds. The molecule has 18 heavy (non-hydrogen) atoms. The average molecular weight is 260 g/mol. The van der Waals surface area contributed by atoms with Crippen molar-refractivity contribution in [1.29, 1.82) is 5.26 Å². The highest BCUT2D eigenvalue weighted by Gasteiger charge is 2.12. The summed E-state index contributed by atoms with van der Waals surface area (Å²) in [7, 11) is 0. The lowest BCUT2D eigenvalue weighted by atomic mass is 10.1. The molecule has 0 radical (unpaired) electrons. The topological polar surface area (TPSA) is 54.7 Å². The number of rotatable bonds is 3. The second-order valence-corrected chi connectivity index (χ2v) is 4.53. The second-order valence-electron chi connectivity index (χ2n) is 4.09. The summed E-state index contributed by atoms with van der Waals surface area (Å²) in [6.45, 7) is 2.74. The fraction of sp³-hybridized carbons (Fsp3) is 0.214. The van der Waals surface area contributed by atoms with Crippen molar-refractivity contribution in [2.75, 3.05) is 5.73 Å². The Morgan fingerprint density at radius 3 is 2.56 bits per heavy atom. The number of nitrogens with two attached hydrogens (primary N) is 1. The van der Waals surface area contributed by atoms with Crippen LogP contribution in [0.2, 0.25) is 5.02 Å². The molecular formula is C14H14ClN3. The van der Waals surface area contributed by atoms with Crippen molar-refractivity contribution < 1.29 is 0 Å². The average Bonchev–Trinajstić information content (AvgIpc) is 2.68. The molecule has 2 N–H and O–H groups in total. The predicted molar refractivity (Wildman–Crippen MR) is 73.5 cm³/mol. The first kappa shape index (κ1) is 12.5. The Bertz CT molecular complexity index is 591. The molecule has 0 fully saturated rings. The number of hydrogen-bond donors (Lipinski definition) is 1. The van der Waals surface area contributed by atoms with E-state index in [1.54, 1.807) is 6.07 Å². The molecule has 0 bridgehead atoms. The van der Waals surface area contributed by atoms with Gasteiger partial charge in [0.1, 0.15) is 11.8 Å². The lowest BCUT2D eigenvalue weighted by Gasteiger charge is -2.09. The first-order chi connectivity index (χ1) is 8.65. The monoisotopic (exact) mass is 259 g/mol. The van der Waals surface area contributed by atoms with Crippen LogP contribution in [0.3, 0.4) is 0 Å². The molecule has 0 atom stereocenters. The zero-order valence-corrected chi connectivity index (χ0v) is 10.9. The van der Waals surface area contributed by atoms with Gasteiger partial charge in [0.05, 0.1) is 5.69 Å². The Balaban J connectivity index is 2.37. The standard InChI is InChI=1S/C14H14ClN3/c1-2-18-12(9-16)8-13(17)14(18)7-10-3-5-11(15)6-4-10/h3-6,8H,2,7,17H2,1H3. The molecule has 0 saturated carbocycles. The number of hydrogen-bond acceptors (Lipinski definition) is 2. The Labute approximate surface area is 111 Å². The molecule has 0 spiro atoms. The largest absolute Gasteiger partial charge is 0.397 e. The Hall–Kier alpha value is -1.92. The van der Waals surface area contributed by atoms with Gasteiger partial charge in [-0.1, -0.05) is 23.7 Å². The molecule has 0 aliphatic carbocycles. The van der Waals surface area contributed by atoms with E-state index in [2.05, 4.69) is 6.07 Å². The smallest absolute Gasteiger partial charge is 0.122 e. The number of halogens is 1. The number of benzene rings is 1. The van der Waals surface area contributed by atoms with Gasteiger partial charge in [-0.2, -0.15) is 5.26 Å². The SMILES string of the molecule is CCn1c(C#N)cc(N)c1Cc1ccc(Cl)cc1. The van der Waals surface area contributed by atoms with Gasteiger partial charge in [-0.25, -0.2) is 0 Å². The highest BCUT2D eigenvalue weighted by molar-refractivity contribution is 6.30. The van der Waals surface area contributed by atoms with E-state index < -0.39 is 0 Å². The van der Waals surface area contributed by atoms with Gasteiger partial charge in [-0.3, -0.25) is 0 Å². The van der Waals surface area contributed by atoms with Gasteiger partial charge >= 0.3 is 0 Å². The number of aromatic nitrogens is 1. The molecule has 0 aliphatic heterocycles. The molecule has 1 aromatic heterocycles. The second kappa shape index (κ2) is 5.16. The van der Waals surface area contributed by atoms with Gasteiger partial charge in [0.25, 0.3) is 0 Å². The van der Waals surface area contributed by atoms with E-state index in [0.717, 1.165) is 22.8 Å². The summed E-state index contributed by atoms with van der Waals surface area (Å²) >= 11 is 5.86. The van der Waals surface area contributed by atoms with Gasteiger partial charge in [0.2, 0.25) is 0 Å². The first-order valence-electron chi connectivity index (χ1n) is 5.78. The van der Waals surface area contributed by atoms with Crippen molar-refractivity contribution in [3.05, 3.63) is 52.3 Å². The van der Waals surface area contributed by atoms with E-state index in [9.17, 15) is 0 Å². The molecule has 1 aromatic carbocycles. The lowest BCUT2D eigenvalue weighted by molar-refractivity contribution is 0.719. The maximum Gasteiger partial charge on any atom is 0.122 e. The highest BCUT2D eigenvalue weighted by atomic mass is 35.5. The highest BCUT2D eigenvalue weighted by Crippen LogP contribution is 2.22. The van der Waals surface area contributed by atoms with Crippen molar-refractivity contribution >= 4 is 17.3 Å². The number of nitrogens with zero attached hydrogens (tertiary/aromatic N) is 2. The molecule has 1 heterocycles. The van der Waals surface area contributed by atoms with Gasteiger partial charge in [0.15, 0.2) is 0 Å². The summed E-state index contributed by atoms with van der Waals surface area (Å²) in [4.78, 5) is 0. The van der Waals surface area contributed by atoms with Crippen LogP contribution < -0.4 is 5.73 Å². The molecule has 0 aliphatic rings. The molecule has 0 unspecified atom stereocenters. The van der Waals surface area contributed by atoms with E-state index in [0.29, 0.717) is 17.8 Å². The summed E-state index contributed by atoms with van der Waals surface area (Å²) in [6, 6.07) is 11.6. The van der Waals surface area contributed by atoms with E-state index in [1.165, 1.54) is 0 Å². The maximum atomic E-state index is 9.05. The molecule has 3 nitrogen and oxygen atoms in total. The van der Waals surface area contributed by atoms with E-state index in [1.807, 2.05) is 35.8 Å². The lowest BCUT2D eigenvalue weighted by Crippen LogP contribution is -2.05. The fourth-order valence-corrected chi connectivity index (χ4v) is 2.18. The zero-order valence-electron chi connectivity index (χ0n) is 10.2. The summed E-state index contributed by atoms with van der Waals surface area (Å²) in [5, 5.41) is 9.76. The summed E-state index contributed by atoms with van der Waals surface area (Å²) < 4.78 is 1.95. The zero-order chi connectivity index (χ0) is 13.1. The van der Waals surface area contributed by atoms with Crippen molar-refractivity contribution in [2.45, 2.75) is 19.9 Å². The molecular weight excluding hydrogens is 246 g/mol. The summed E-state index contributed by atoms with van der Waals surface area (Å²) in [5.74, 6) is 0. The number of nitriles is 1. The first-order valence-corrected chi connectivity index (χ1v) is 6.16. The molecule has 92 valence electrons. The Kier molecular flexibility index (Phi) is 3.59. The Morgan fingerprint density at radius 2 is 2.00 bits per heavy atom. The Morgan fingerprint density at radius 1 is 1.33 bits per heavy atom. The summed E-state index contributed by atoms with van der Waals surface area (Å²) in [5.41, 5.74) is 9.36. The van der Waals surface area contributed by atoms with Crippen LogP contribution in [0.25, 0.3) is 0 Å². The van der Waals surface area contributed by atoms with Crippen LogP contribution in [-0.2, 0) is 13.0 Å². The van der Waals surface area contributed by atoms with Crippen molar-refractivity contribution in [3.8, 4) is 6.07 Å². The van der Waals surface area contributed by atoms with Gasteiger partial charge < -0.3 is 10.3 Å². The maximum absolute atomic E-state index is 9.05. The minimum atomic E-state index is 0.610. The number of nitrogen functional groups attached to an aromatic ring is 1. The van der Waals surface area contributed by atoms with Crippen LogP contribution in [0.15, 0.2) is 30.3 Å². The van der Waals surface area contributed by atoms with Crippen LogP contribution in [-0.4, -0.2) is 4.57 Å². The minimum absolute atomic E-state index is 0.610. The van der Waals surface area contributed by atoms with Crippen LogP contribution in [0.4, 0.5) is 5.69 Å². The van der Waals surface area contributed by atoms with Crippen LogP contribution in [0.5, 0.6) is 0 Å². The molecule has 4 heteroatoms. The fourth-order valence-electron chi connectivity index (χ4n) is 2.06. The normalized spacial score (nSPS) is 10.3. The van der Waals surface area contributed by atoms with E-state index in [-0.39, 0.29) is 0 Å². The molecule has 2 aromatic rings. The third kappa shape index (κ3) is 2.34. The predicted octanol–water partition coefficient (Wildman–Crippen LogP) is 3.21. The van der Waals surface area contributed by atoms with E-state index in [4.69, 9.17) is 22.6 Å². The van der Waals surface area contributed by atoms with Gasteiger partial charge in [0, 0.05) is 23.7 Å². The number of anilines is 1. The van der Waals surface area contributed by atoms with Crippen molar-refractivity contribution in [3.63, 3.8) is 0 Å². The van der Waals surface area contributed by atoms with Crippen LogP contribution >= 0.6 is 11.6 Å². The molecule has 2 rings (SSSR count). The minimum Gasteiger partial charge on any atom is -0.397 e. The third-order valence-corrected chi connectivity index (χ3v) is 3.21. The van der Waals surface area contributed by atoms with Crippen LogP contribution in [0.1, 0.15) is 23.9 Å². The van der Waals surface area contributed by atoms with Crippen molar-refractivity contribution in [1.82, 2.24) is 4.57 Å². The molecule has 0 saturated heterocycles. The van der Waals surface area contributed by atoms with Crippen molar-refractivity contribution in [2.24, 2.45) is 0 Å². The van der Waals surface area contributed by atoms with E-state index >= 15 is 0 Å². The third-order valence-electron chi connectivity index (χ3n) is 2.96. The van der Waals surface area contributed by atoms with Crippen LogP contribution in [0, 0.1) is 11.3 Å². The van der Waals surface area contributed by atoms with Gasteiger partial charge in [-0.15, -0.1) is 0 Å². The quantitative estimate of drug-likeness (QED) is 0.920. The van der Waals surface area contributed by atoms with Gasteiger partial charge in [-0.05, 0) is 30.7 Å². The summed E-state index contributed by atoms with van der Waals surface area (Å²) in [6.07, 6.45) is 0.707.